The van der Waals surface area contributed by atoms with Crippen LogP contribution in [0.1, 0.15) is 45.1 Å². The highest BCUT2D eigenvalue weighted by molar-refractivity contribution is 5.91. The predicted octanol–water partition coefficient (Wildman–Crippen LogP) is 2.79. The van der Waals surface area contributed by atoms with Gasteiger partial charge in [-0.25, -0.2) is 4.79 Å². The summed E-state index contributed by atoms with van der Waals surface area (Å²) < 4.78 is 0. The molecule has 0 bridgehead atoms. The Balaban J connectivity index is 2.54. The minimum atomic E-state index is -1.12. The number of dihydropyridines is 1. The van der Waals surface area contributed by atoms with Crippen LogP contribution in [0.15, 0.2) is 46.9 Å². The molecule has 0 aromatic heterocycles. The number of carbonyl (C=O) groups excluding carboxylic acids is 1. The Morgan fingerprint density at radius 2 is 1.85 bits per heavy atom. The SMILES string of the molecule is CCCC(=O)NC1=C(C)NC(C)=C(C(=O)O)C1c1ccc([N+](=O)[O-])cc1. The zero-order valence-electron chi connectivity index (χ0n) is 14.8. The number of rotatable bonds is 6. The fourth-order valence-corrected chi connectivity index (χ4v) is 3.00. The van der Waals surface area contributed by atoms with Crippen molar-refractivity contribution in [2.75, 3.05) is 0 Å². The highest BCUT2D eigenvalue weighted by atomic mass is 16.6. The Hall–Kier alpha value is -3.16. The Bertz CT molecular complexity index is 809. The average molecular weight is 359 g/mol. The molecule has 138 valence electrons. The van der Waals surface area contributed by atoms with Crippen LogP contribution in [0.3, 0.4) is 0 Å². The van der Waals surface area contributed by atoms with Crippen LogP contribution in [0.25, 0.3) is 0 Å². The normalized spacial score (nSPS) is 17.0. The van der Waals surface area contributed by atoms with E-state index in [0.29, 0.717) is 35.5 Å². The van der Waals surface area contributed by atoms with Gasteiger partial charge in [-0.05, 0) is 25.8 Å². The second-order valence-electron chi connectivity index (χ2n) is 6.09. The lowest BCUT2D eigenvalue weighted by atomic mass is 9.83. The summed E-state index contributed by atoms with van der Waals surface area (Å²) in [6.07, 6.45) is 0.976. The van der Waals surface area contributed by atoms with E-state index >= 15 is 0 Å². The number of nitrogens with zero attached hydrogens (tertiary/aromatic N) is 1. The number of non-ortho nitro benzene ring substituents is 1. The zero-order valence-corrected chi connectivity index (χ0v) is 14.8. The first kappa shape index (κ1) is 19.2. The van der Waals surface area contributed by atoms with Gasteiger partial charge in [0.05, 0.1) is 16.4 Å². The van der Waals surface area contributed by atoms with E-state index in [4.69, 9.17) is 0 Å². The second kappa shape index (κ2) is 7.81. The number of benzene rings is 1. The number of hydrogen-bond donors (Lipinski definition) is 3. The molecule has 0 fully saturated rings. The molecule has 1 amide bonds. The molecule has 0 saturated heterocycles. The summed E-state index contributed by atoms with van der Waals surface area (Å²) in [6, 6.07) is 5.69. The summed E-state index contributed by atoms with van der Waals surface area (Å²) in [4.78, 5) is 34.3. The number of nitro benzene ring substituents is 1. The Morgan fingerprint density at radius 3 is 2.35 bits per heavy atom. The minimum absolute atomic E-state index is 0.0856. The molecular formula is C18H21N3O5. The molecule has 1 unspecified atom stereocenters. The molecule has 26 heavy (non-hydrogen) atoms. The molecule has 1 atom stereocenters. The maximum absolute atomic E-state index is 12.1. The maximum Gasteiger partial charge on any atom is 0.334 e. The zero-order chi connectivity index (χ0) is 19.4. The van der Waals surface area contributed by atoms with Crippen molar-refractivity contribution in [3.63, 3.8) is 0 Å². The third-order valence-corrected chi connectivity index (χ3v) is 4.18. The van der Waals surface area contributed by atoms with Gasteiger partial charge in [0.15, 0.2) is 0 Å². The number of nitro groups is 1. The molecular weight excluding hydrogens is 338 g/mol. The molecule has 3 N–H and O–H groups in total. The number of aliphatic carboxylic acids is 1. The fourth-order valence-electron chi connectivity index (χ4n) is 3.00. The van der Waals surface area contributed by atoms with Crippen molar-refractivity contribution in [1.82, 2.24) is 10.6 Å². The molecule has 0 radical (unpaired) electrons. The van der Waals surface area contributed by atoms with Crippen molar-refractivity contribution in [3.8, 4) is 0 Å². The van der Waals surface area contributed by atoms with Gasteiger partial charge >= 0.3 is 5.97 Å². The van der Waals surface area contributed by atoms with Crippen molar-refractivity contribution >= 4 is 17.6 Å². The molecule has 1 aromatic rings. The molecule has 0 spiro atoms. The third kappa shape index (κ3) is 3.90. The van der Waals surface area contributed by atoms with Gasteiger partial charge in [0, 0.05) is 35.6 Å². The van der Waals surface area contributed by atoms with Gasteiger partial charge in [-0.3, -0.25) is 14.9 Å². The van der Waals surface area contributed by atoms with Crippen molar-refractivity contribution in [2.24, 2.45) is 0 Å². The average Bonchev–Trinajstić information content (AvgIpc) is 2.56. The Labute approximate surface area is 150 Å². The molecule has 1 heterocycles. The van der Waals surface area contributed by atoms with Gasteiger partial charge in [0.1, 0.15) is 0 Å². The van der Waals surface area contributed by atoms with Gasteiger partial charge in [-0.15, -0.1) is 0 Å². The van der Waals surface area contributed by atoms with Crippen LogP contribution in [0.5, 0.6) is 0 Å². The lowest BCUT2D eigenvalue weighted by Crippen LogP contribution is -2.36. The first-order chi connectivity index (χ1) is 12.3. The number of carbonyl (C=O) groups is 2. The summed E-state index contributed by atoms with van der Waals surface area (Å²) >= 11 is 0. The molecule has 0 saturated carbocycles. The van der Waals surface area contributed by atoms with E-state index in [-0.39, 0.29) is 17.2 Å². The summed E-state index contributed by atoms with van der Waals surface area (Å²) in [5.41, 5.74) is 2.11. The minimum Gasteiger partial charge on any atom is -0.478 e. The number of carboxylic acids is 1. The smallest absolute Gasteiger partial charge is 0.334 e. The van der Waals surface area contributed by atoms with Crippen molar-refractivity contribution in [2.45, 2.75) is 39.5 Å². The van der Waals surface area contributed by atoms with Crippen LogP contribution in [-0.4, -0.2) is 21.9 Å². The number of carboxylic acid groups (broad SMARTS) is 1. The van der Waals surface area contributed by atoms with Crippen molar-refractivity contribution in [3.05, 3.63) is 62.6 Å². The largest absolute Gasteiger partial charge is 0.478 e. The molecule has 2 rings (SSSR count). The lowest BCUT2D eigenvalue weighted by molar-refractivity contribution is -0.384. The highest BCUT2D eigenvalue weighted by Gasteiger charge is 2.34. The molecule has 1 aliphatic rings. The van der Waals surface area contributed by atoms with Crippen LogP contribution < -0.4 is 10.6 Å². The van der Waals surface area contributed by atoms with Crippen LogP contribution in [-0.2, 0) is 9.59 Å². The van der Waals surface area contributed by atoms with Gasteiger partial charge in [0.25, 0.3) is 5.69 Å². The Kier molecular flexibility index (Phi) is 5.76. The third-order valence-electron chi connectivity index (χ3n) is 4.18. The van der Waals surface area contributed by atoms with E-state index in [1.807, 2.05) is 6.92 Å². The predicted molar refractivity (Wildman–Crippen MR) is 95.1 cm³/mol. The summed E-state index contributed by atoms with van der Waals surface area (Å²) in [7, 11) is 0. The molecule has 8 nitrogen and oxygen atoms in total. The van der Waals surface area contributed by atoms with Crippen molar-refractivity contribution < 1.29 is 19.6 Å². The summed E-state index contributed by atoms with van der Waals surface area (Å²) in [5.74, 6) is -2.05. The molecule has 8 heteroatoms. The van der Waals surface area contributed by atoms with E-state index in [9.17, 15) is 24.8 Å². The first-order valence-corrected chi connectivity index (χ1v) is 8.22. The van der Waals surface area contributed by atoms with Crippen LogP contribution >= 0.6 is 0 Å². The monoisotopic (exact) mass is 359 g/mol. The summed E-state index contributed by atoms with van der Waals surface area (Å²) in [6.45, 7) is 5.28. The lowest BCUT2D eigenvalue weighted by Gasteiger charge is -2.31. The molecule has 1 aliphatic heterocycles. The van der Waals surface area contributed by atoms with Crippen LogP contribution in [0, 0.1) is 10.1 Å². The van der Waals surface area contributed by atoms with Gasteiger partial charge in [-0.2, -0.15) is 0 Å². The highest BCUT2D eigenvalue weighted by Crippen LogP contribution is 2.37. The second-order valence-corrected chi connectivity index (χ2v) is 6.09. The molecule has 0 aliphatic carbocycles. The maximum atomic E-state index is 12.1. The quantitative estimate of drug-likeness (QED) is 0.530. The van der Waals surface area contributed by atoms with E-state index in [0.717, 1.165) is 0 Å². The van der Waals surface area contributed by atoms with E-state index in [1.165, 1.54) is 24.3 Å². The topological polar surface area (TPSA) is 122 Å². The van der Waals surface area contributed by atoms with Gasteiger partial charge in [0.2, 0.25) is 5.91 Å². The number of nitrogens with one attached hydrogen (secondary N) is 2. The molecule has 1 aromatic carbocycles. The van der Waals surface area contributed by atoms with E-state index < -0.39 is 16.8 Å². The fraction of sp³-hybridized carbons (Fsp3) is 0.333. The van der Waals surface area contributed by atoms with Crippen LogP contribution in [0.4, 0.5) is 5.69 Å². The summed E-state index contributed by atoms with van der Waals surface area (Å²) in [5, 5.41) is 26.4. The Morgan fingerprint density at radius 1 is 1.23 bits per heavy atom. The number of allylic oxidation sites excluding steroid dienone is 3. The van der Waals surface area contributed by atoms with Gasteiger partial charge in [-0.1, -0.05) is 19.1 Å². The van der Waals surface area contributed by atoms with E-state index in [1.54, 1.807) is 13.8 Å². The van der Waals surface area contributed by atoms with Gasteiger partial charge < -0.3 is 15.7 Å². The van der Waals surface area contributed by atoms with E-state index in [2.05, 4.69) is 10.6 Å². The van der Waals surface area contributed by atoms with Crippen molar-refractivity contribution in [1.29, 1.82) is 0 Å². The number of hydrogen-bond acceptors (Lipinski definition) is 5. The first-order valence-electron chi connectivity index (χ1n) is 8.22. The standard InChI is InChI=1S/C18H21N3O5/c1-4-5-14(22)20-17-11(3)19-10(2)15(18(23)24)16(17)12-6-8-13(9-7-12)21(25)26/h6-9,16,19H,4-5H2,1-3H3,(H,20,22)(H,23,24). The number of amides is 1. The van der Waals surface area contributed by atoms with Crippen LogP contribution in [0.2, 0.25) is 0 Å².